The van der Waals surface area contributed by atoms with Crippen molar-refractivity contribution in [3.63, 3.8) is 0 Å². The fourth-order valence-electron chi connectivity index (χ4n) is 1.67. The summed E-state index contributed by atoms with van der Waals surface area (Å²) in [5.41, 5.74) is 6.70. The molecular formula is C11H15N3O. The summed E-state index contributed by atoms with van der Waals surface area (Å²) in [5.74, 6) is 1.90. The summed E-state index contributed by atoms with van der Waals surface area (Å²) in [4.78, 5) is 4.32. The normalized spacial score (nSPS) is 10.8. The van der Waals surface area contributed by atoms with Gasteiger partial charge in [-0.15, -0.1) is 0 Å². The van der Waals surface area contributed by atoms with Crippen molar-refractivity contribution in [3.05, 3.63) is 41.9 Å². The third-order valence-electron chi connectivity index (χ3n) is 2.51. The van der Waals surface area contributed by atoms with Gasteiger partial charge in [0, 0.05) is 30.9 Å². The number of aryl methyl sites for hydroxylation is 1. The predicted octanol–water partition coefficient (Wildman–Crippen LogP) is 1.55. The molecule has 2 aromatic heterocycles. The molecule has 0 saturated heterocycles. The van der Waals surface area contributed by atoms with Crippen molar-refractivity contribution in [1.82, 2.24) is 9.55 Å². The second-order valence-corrected chi connectivity index (χ2v) is 3.38. The van der Waals surface area contributed by atoms with Gasteiger partial charge in [-0.25, -0.2) is 4.98 Å². The van der Waals surface area contributed by atoms with Crippen molar-refractivity contribution < 1.29 is 4.42 Å². The third kappa shape index (κ3) is 1.94. The van der Waals surface area contributed by atoms with Crippen LogP contribution in [0.25, 0.3) is 0 Å². The molecule has 0 aliphatic carbocycles. The predicted molar refractivity (Wildman–Crippen MR) is 57.3 cm³/mol. The van der Waals surface area contributed by atoms with Crippen LogP contribution >= 0.6 is 0 Å². The van der Waals surface area contributed by atoms with Crippen molar-refractivity contribution in [2.24, 2.45) is 5.73 Å². The largest absolute Gasteiger partial charge is 0.468 e. The molecule has 2 aromatic rings. The number of rotatable bonds is 4. The molecule has 4 nitrogen and oxygen atoms in total. The zero-order valence-electron chi connectivity index (χ0n) is 8.81. The summed E-state index contributed by atoms with van der Waals surface area (Å²) in [6.45, 7) is 3.48. The molecule has 2 rings (SSSR count). The fourth-order valence-corrected chi connectivity index (χ4v) is 1.67. The van der Waals surface area contributed by atoms with E-state index in [2.05, 4.69) is 16.5 Å². The molecule has 0 spiro atoms. The summed E-state index contributed by atoms with van der Waals surface area (Å²) < 4.78 is 7.39. The van der Waals surface area contributed by atoms with Gasteiger partial charge in [-0.3, -0.25) is 0 Å². The first-order valence-electron chi connectivity index (χ1n) is 5.10. The third-order valence-corrected chi connectivity index (χ3v) is 2.51. The Morgan fingerprint density at radius 1 is 1.53 bits per heavy atom. The Bertz CT molecular complexity index is 390. The average molecular weight is 205 g/mol. The Balaban J connectivity index is 2.21. The van der Waals surface area contributed by atoms with Crippen LogP contribution in [0.1, 0.15) is 24.1 Å². The zero-order chi connectivity index (χ0) is 10.7. The van der Waals surface area contributed by atoms with Crippen LogP contribution in [-0.2, 0) is 19.5 Å². The smallest absolute Gasteiger partial charge is 0.120 e. The molecule has 2 heterocycles. The van der Waals surface area contributed by atoms with E-state index in [0.717, 1.165) is 30.1 Å². The highest BCUT2D eigenvalue weighted by molar-refractivity contribution is 5.21. The van der Waals surface area contributed by atoms with E-state index in [1.54, 1.807) is 6.26 Å². The topological polar surface area (TPSA) is 57.0 Å². The first kappa shape index (κ1) is 9.98. The van der Waals surface area contributed by atoms with E-state index in [4.69, 9.17) is 10.2 Å². The van der Waals surface area contributed by atoms with Gasteiger partial charge >= 0.3 is 0 Å². The molecule has 0 aromatic carbocycles. The van der Waals surface area contributed by atoms with Crippen molar-refractivity contribution in [2.45, 2.75) is 26.4 Å². The van der Waals surface area contributed by atoms with E-state index >= 15 is 0 Å². The summed E-state index contributed by atoms with van der Waals surface area (Å²) >= 11 is 0. The molecule has 15 heavy (non-hydrogen) atoms. The van der Waals surface area contributed by atoms with E-state index in [-0.39, 0.29) is 0 Å². The first-order valence-corrected chi connectivity index (χ1v) is 5.10. The number of hydrogen-bond donors (Lipinski definition) is 1. The van der Waals surface area contributed by atoms with Gasteiger partial charge in [-0.2, -0.15) is 0 Å². The summed E-state index contributed by atoms with van der Waals surface area (Å²) in [6.07, 6.45) is 6.26. The molecule has 4 heteroatoms. The molecule has 0 unspecified atom stereocenters. The van der Waals surface area contributed by atoms with Crippen LogP contribution < -0.4 is 5.73 Å². The summed E-state index contributed by atoms with van der Waals surface area (Å²) in [6, 6.07) is 1.96. The lowest BCUT2D eigenvalue weighted by Crippen LogP contribution is -2.04. The molecule has 80 valence electrons. The summed E-state index contributed by atoms with van der Waals surface area (Å²) in [5, 5.41) is 0. The quantitative estimate of drug-likeness (QED) is 0.823. The Hall–Kier alpha value is -1.55. The highest BCUT2D eigenvalue weighted by atomic mass is 16.3. The molecule has 0 bridgehead atoms. The van der Waals surface area contributed by atoms with Gasteiger partial charge in [0.1, 0.15) is 11.6 Å². The van der Waals surface area contributed by atoms with E-state index in [0.29, 0.717) is 6.54 Å². The lowest BCUT2D eigenvalue weighted by Gasteiger charge is -2.04. The molecule has 0 aliphatic heterocycles. The molecular weight excluding hydrogens is 190 g/mol. The van der Waals surface area contributed by atoms with Crippen LogP contribution in [0.5, 0.6) is 0 Å². The second kappa shape index (κ2) is 4.31. The van der Waals surface area contributed by atoms with E-state index in [1.807, 2.05) is 18.5 Å². The fraction of sp³-hybridized carbons (Fsp3) is 0.364. The molecule has 0 amide bonds. The van der Waals surface area contributed by atoms with Gasteiger partial charge < -0.3 is 14.7 Å². The van der Waals surface area contributed by atoms with Crippen LogP contribution in [0, 0.1) is 0 Å². The number of nitrogens with two attached hydrogens (primary N) is 1. The Morgan fingerprint density at radius 2 is 2.40 bits per heavy atom. The maximum Gasteiger partial charge on any atom is 0.120 e. The number of furan rings is 1. The average Bonchev–Trinajstić information content (AvgIpc) is 2.87. The minimum atomic E-state index is 0.440. The number of aromatic nitrogens is 2. The van der Waals surface area contributed by atoms with E-state index in [9.17, 15) is 0 Å². The molecule has 0 aliphatic rings. The lowest BCUT2D eigenvalue weighted by molar-refractivity contribution is 0.507. The van der Waals surface area contributed by atoms with Crippen molar-refractivity contribution in [2.75, 3.05) is 0 Å². The maximum atomic E-state index is 5.57. The Morgan fingerprint density at radius 3 is 3.13 bits per heavy atom. The minimum Gasteiger partial charge on any atom is -0.468 e. The minimum absolute atomic E-state index is 0.440. The first-order chi connectivity index (χ1) is 7.35. The van der Waals surface area contributed by atoms with Crippen LogP contribution in [0.15, 0.2) is 29.1 Å². The van der Waals surface area contributed by atoms with Crippen LogP contribution in [0.3, 0.4) is 0 Å². The van der Waals surface area contributed by atoms with E-state index < -0.39 is 0 Å². The molecule has 2 N–H and O–H groups in total. The highest BCUT2D eigenvalue weighted by Gasteiger charge is 2.08. The van der Waals surface area contributed by atoms with Gasteiger partial charge in [-0.05, 0) is 13.0 Å². The molecule has 0 fully saturated rings. The molecule has 0 atom stereocenters. The van der Waals surface area contributed by atoms with Crippen molar-refractivity contribution >= 4 is 0 Å². The molecule has 0 radical (unpaired) electrons. The lowest BCUT2D eigenvalue weighted by atomic mass is 10.2. The van der Waals surface area contributed by atoms with Crippen molar-refractivity contribution in [3.8, 4) is 0 Å². The Labute approximate surface area is 88.7 Å². The number of hydrogen-bond acceptors (Lipinski definition) is 3. The number of nitrogens with zero attached hydrogens (tertiary/aromatic N) is 2. The van der Waals surface area contributed by atoms with E-state index in [1.165, 1.54) is 0 Å². The van der Waals surface area contributed by atoms with Crippen LogP contribution in [-0.4, -0.2) is 9.55 Å². The van der Waals surface area contributed by atoms with Gasteiger partial charge in [0.25, 0.3) is 0 Å². The van der Waals surface area contributed by atoms with Gasteiger partial charge in [-0.1, -0.05) is 0 Å². The SMILES string of the molecule is CCn1ccnc1Cc1ccoc1CN. The van der Waals surface area contributed by atoms with Gasteiger partial charge in [0.2, 0.25) is 0 Å². The van der Waals surface area contributed by atoms with Gasteiger partial charge in [0.05, 0.1) is 12.8 Å². The summed E-state index contributed by atoms with van der Waals surface area (Å²) in [7, 11) is 0. The van der Waals surface area contributed by atoms with Crippen molar-refractivity contribution in [1.29, 1.82) is 0 Å². The van der Waals surface area contributed by atoms with Crippen LogP contribution in [0.4, 0.5) is 0 Å². The molecule has 0 saturated carbocycles. The van der Waals surface area contributed by atoms with Gasteiger partial charge in [0.15, 0.2) is 0 Å². The second-order valence-electron chi connectivity index (χ2n) is 3.38. The highest BCUT2D eigenvalue weighted by Crippen LogP contribution is 2.14. The standard InChI is InChI=1S/C11H15N3O/c1-2-14-5-4-13-11(14)7-9-3-6-15-10(9)8-12/h3-6H,2,7-8,12H2,1H3. The Kier molecular flexibility index (Phi) is 2.87. The maximum absolute atomic E-state index is 5.57. The zero-order valence-corrected chi connectivity index (χ0v) is 8.81. The monoisotopic (exact) mass is 205 g/mol. The number of imidazole rings is 1. The van der Waals surface area contributed by atoms with Crippen LogP contribution in [0.2, 0.25) is 0 Å².